The van der Waals surface area contributed by atoms with Gasteiger partial charge in [0, 0.05) is 36.4 Å². The summed E-state index contributed by atoms with van der Waals surface area (Å²) in [6.07, 6.45) is -0.534. The van der Waals surface area contributed by atoms with Crippen LogP contribution < -0.4 is 5.32 Å². The number of nitrogens with zero attached hydrogens (tertiary/aromatic N) is 1. The Kier molecular flexibility index (Phi) is 7.46. The number of thioether (sulfide) groups is 1. The van der Waals surface area contributed by atoms with E-state index in [2.05, 4.69) is 29.6 Å². The Bertz CT molecular complexity index is 1030. The lowest BCUT2D eigenvalue weighted by Gasteiger charge is -2.34. The third-order valence-electron chi connectivity index (χ3n) is 6.58. The summed E-state index contributed by atoms with van der Waals surface area (Å²) in [6.45, 7) is 4.43. The number of aliphatic carboxylic acids is 1. The number of rotatable bonds is 7. The number of carboxylic acid groups (broad SMARTS) is 1. The molecule has 1 fully saturated rings. The third-order valence-corrected chi connectivity index (χ3v) is 7.60. The number of benzene rings is 2. The summed E-state index contributed by atoms with van der Waals surface area (Å²) in [7, 11) is 0. The Morgan fingerprint density at radius 2 is 1.71 bits per heavy atom. The highest BCUT2D eigenvalue weighted by atomic mass is 32.2. The smallest absolute Gasteiger partial charge is 0.407 e. The molecule has 0 radical (unpaired) electrons. The predicted octanol–water partition coefficient (Wildman–Crippen LogP) is 3.97. The second-order valence-corrected chi connectivity index (χ2v) is 10.2. The van der Waals surface area contributed by atoms with E-state index in [0.717, 1.165) is 22.3 Å². The molecule has 7 nitrogen and oxygen atoms in total. The molecule has 2 atom stereocenters. The van der Waals surface area contributed by atoms with Crippen LogP contribution in [0, 0.1) is 5.92 Å². The van der Waals surface area contributed by atoms with E-state index in [1.165, 1.54) is 16.7 Å². The van der Waals surface area contributed by atoms with Crippen LogP contribution in [-0.4, -0.2) is 64.7 Å². The van der Waals surface area contributed by atoms with Gasteiger partial charge < -0.3 is 20.1 Å². The Labute approximate surface area is 203 Å². The van der Waals surface area contributed by atoms with Gasteiger partial charge in [-0.05, 0) is 28.2 Å². The minimum absolute atomic E-state index is 0.0214. The lowest BCUT2D eigenvalue weighted by molar-refractivity contribution is -0.149. The van der Waals surface area contributed by atoms with Crippen LogP contribution in [0.5, 0.6) is 0 Å². The van der Waals surface area contributed by atoms with E-state index < -0.39 is 24.1 Å². The molecule has 1 heterocycles. The maximum absolute atomic E-state index is 12.9. The first-order valence-corrected chi connectivity index (χ1v) is 12.7. The van der Waals surface area contributed by atoms with Crippen LogP contribution in [0.2, 0.25) is 0 Å². The van der Waals surface area contributed by atoms with Crippen LogP contribution >= 0.6 is 11.8 Å². The van der Waals surface area contributed by atoms with Crippen molar-refractivity contribution in [1.82, 2.24) is 10.2 Å². The van der Waals surface area contributed by atoms with Gasteiger partial charge in [0.25, 0.3) is 0 Å². The summed E-state index contributed by atoms with van der Waals surface area (Å²) in [6, 6.07) is 15.0. The standard InChI is InChI=1S/C26H30N2O5S/c1-16(2)22(13-24(29)28-11-12-34-15-23(28)25(30)31)27-26(32)33-14-21-19-9-5-3-7-17(19)18-8-4-6-10-20(18)21/h3-10,16,21-23H,11-15H2,1-2H3,(H,27,32)(H,30,31)/t22-,23?/m0/s1. The summed E-state index contributed by atoms with van der Waals surface area (Å²) >= 11 is 1.53. The number of hydrogen-bond acceptors (Lipinski definition) is 5. The molecule has 1 saturated heterocycles. The first-order valence-electron chi connectivity index (χ1n) is 11.6. The predicted molar refractivity (Wildman–Crippen MR) is 132 cm³/mol. The molecule has 1 aliphatic carbocycles. The fraction of sp³-hybridized carbons (Fsp3) is 0.423. The van der Waals surface area contributed by atoms with E-state index in [4.69, 9.17) is 4.74 Å². The van der Waals surface area contributed by atoms with E-state index in [1.54, 1.807) is 0 Å². The Morgan fingerprint density at radius 3 is 2.29 bits per heavy atom. The largest absolute Gasteiger partial charge is 0.480 e. The lowest BCUT2D eigenvalue weighted by Crippen LogP contribution is -2.52. The minimum atomic E-state index is -0.994. The molecule has 2 aliphatic rings. The van der Waals surface area contributed by atoms with Crippen molar-refractivity contribution in [1.29, 1.82) is 0 Å². The van der Waals surface area contributed by atoms with Gasteiger partial charge in [0.05, 0.1) is 0 Å². The zero-order valence-corrected chi connectivity index (χ0v) is 20.2. The molecule has 2 aromatic carbocycles. The van der Waals surface area contributed by atoms with Gasteiger partial charge in [-0.1, -0.05) is 62.4 Å². The minimum Gasteiger partial charge on any atom is -0.480 e. The van der Waals surface area contributed by atoms with E-state index in [0.29, 0.717) is 18.1 Å². The first kappa shape index (κ1) is 24.1. The molecule has 2 amide bonds. The molecule has 0 spiro atoms. The maximum atomic E-state index is 12.9. The van der Waals surface area contributed by atoms with Crippen molar-refractivity contribution < 1.29 is 24.2 Å². The molecule has 1 aliphatic heterocycles. The number of amides is 2. The Hall–Kier alpha value is -3.00. The van der Waals surface area contributed by atoms with Crippen LogP contribution in [0.4, 0.5) is 4.79 Å². The fourth-order valence-electron chi connectivity index (χ4n) is 4.66. The van der Waals surface area contributed by atoms with E-state index in [9.17, 15) is 19.5 Å². The highest BCUT2D eigenvalue weighted by molar-refractivity contribution is 7.99. The highest BCUT2D eigenvalue weighted by Crippen LogP contribution is 2.44. The van der Waals surface area contributed by atoms with Crippen molar-refractivity contribution in [2.75, 3.05) is 24.7 Å². The van der Waals surface area contributed by atoms with Crippen LogP contribution in [0.3, 0.4) is 0 Å². The van der Waals surface area contributed by atoms with Gasteiger partial charge in [0.15, 0.2) is 0 Å². The number of fused-ring (bicyclic) bond motifs is 3. The summed E-state index contributed by atoms with van der Waals surface area (Å²) < 4.78 is 5.63. The van der Waals surface area contributed by atoms with Gasteiger partial charge in [0.2, 0.25) is 5.91 Å². The van der Waals surface area contributed by atoms with Crippen molar-refractivity contribution in [3.63, 3.8) is 0 Å². The van der Waals surface area contributed by atoms with Crippen LogP contribution in [0.25, 0.3) is 11.1 Å². The molecule has 0 aromatic heterocycles. The maximum Gasteiger partial charge on any atom is 0.407 e. The topological polar surface area (TPSA) is 95.9 Å². The highest BCUT2D eigenvalue weighted by Gasteiger charge is 2.34. The van der Waals surface area contributed by atoms with Crippen molar-refractivity contribution in [2.24, 2.45) is 5.92 Å². The second-order valence-electron chi connectivity index (χ2n) is 9.04. The van der Waals surface area contributed by atoms with Gasteiger partial charge in [-0.25, -0.2) is 9.59 Å². The zero-order chi connectivity index (χ0) is 24.2. The molecule has 4 rings (SSSR count). The van der Waals surface area contributed by atoms with Crippen molar-refractivity contribution >= 4 is 29.7 Å². The van der Waals surface area contributed by atoms with Gasteiger partial charge in [-0.3, -0.25) is 4.79 Å². The Morgan fingerprint density at radius 1 is 1.09 bits per heavy atom. The SMILES string of the molecule is CC(C)[C@H](CC(=O)N1CCSCC1C(=O)O)NC(=O)OCC1c2ccccc2-c2ccccc21. The van der Waals surface area contributed by atoms with E-state index >= 15 is 0 Å². The van der Waals surface area contributed by atoms with Crippen LogP contribution in [-0.2, 0) is 14.3 Å². The molecule has 0 bridgehead atoms. The summed E-state index contributed by atoms with van der Waals surface area (Å²) in [4.78, 5) is 38.6. The number of nitrogens with one attached hydrogen (secondary N) is 1. The van der Waals surface area contributed by atoms with Crippen LogP contribution in [0.15, 0.2) is 48.5 Å². The average molecular weight is 483 g/mol. The molecule has 2 N–H and O–H groups in total. The fourth-order valence-corrected chi connectivity index (χ4v) is 5.70. The first-order chi connectivity index (χ1) is 16.4. The molecular formula is C26H30N2O5S. The van der Waals surface area contributed by atoms with Crippen molar-refractivity contribution in [2.45, 2.75) is 38.3 Å². The monoisotopic (exact) mass is 482 g/mol. The zero-order valence-electron chi connectivity index (χ0n) is 19.4. The van der Waals surface area contributed by atoms with Gasteiger partial charge in [-0.15, -0.1) is 0 Å². The molecule has 0 saturated carbocycles. The average Bonchev–Trinajstić information content (AvgIpc) is 3.16. The summed E-state index contributed by atoms with van der Waals surface area (Å²) in [5.74, 6) is -0.225. The molecule has 2 aromatic rings. The molecule has 180 valence electrons. The molecule has 8 heteroatoms. The van der Waals surface area contributed by atoms with Gasteiger partial charge >= 0.3 is 12.1 Å². The third kappa shape index (κ3) is 5.06. The van der Waals surface area contributed by atoms with E-state index in [-0.39, 0.29) is 30.8 Å². The number of carboxylic acids is 1. The number of carbonyl (C=O) groups excluding carboxylic acids is 2. The van der Waals surface area contributed by atoms with Crippen molar-refractivity contribution in [3.05, 3.63) is 59.7 Å². The number of hydrogen-bond donors (Lipinski definition) is 2. The lowest BCUT2D eigenvalue weighted by atomic mass is 9.98. The van der Waals surface area contributed by atoms with E-state index in [1.807, 2.05) is 38.1 Å². The Balaban J connectivity index is 1.38. The molecular weight excluding hydrogens is 452 g/mol. The number of alkyl carbamates (subject to hydrolysis) is 1. The van der Waals surface area contributed by atoms with Crippen molar-refractivity contribution in [3.8, 4) is 11.1 Å². The van der Waals surface area contributed by atoms with Crippen LogP contribution in [0.1, 0.15) is 37.3 Å². The number of carbonyl (C=O) groups is 3. The molecule has 1 unspecified atom stereocenters. The normalized spacial score (nSPS) is 18.2. The van der Waals surface area contributed by atoms with Gasteiger partial charge in [0.1, 0.15) is 12.6 Å². The summed E-state index contributed by atoms with van der Waals surface area (Å²) in [5, 5.41) is 12.3. The molecule has 34 heavy (non-hydrogen) atoms. The van der Waals surface area contributed by atoms with Gasteiger partial charge in [-0.2, -0.15) is 11.8 Å². The number of ether oxygens (including phenoxy) is 1. The second kappa shape index (κ2) is 10.5. The quantitative estimate of drug-likeness (QED) is 0.620. The summed E-state index contributed by atoms with van der Waals surface area (Å²) in [5.41, 5.74) is 4.58.